The summed E-state index contributed by atoms with van der Waals surface area (Å²) in [4.78, 5) is 13.8. The predicted molar refractivity (Wildman–Crippen MR) is 130 cm³/mol. The van der Waals surface area contributed by atoms with Crippen LogP contribution in [0.4, 0.5) is 0 Å². The number of thioether (sulfide) groups is 2. The van der Waals surface area contributed by atoms with Crippen molar-refractivity contribution >= 4 is 40.8 Å². The molecule has 0 saturated heterocycles. The van der Waals surface area contributed by atoms with E-state index in [1.807, 2.05) is 36.5 Å². The summed E-state index contributed by atoms with van der Waals surface area (Å²) >= 11 is 5.50. The Bertz CT molecular complexity index is 919. The van der Waals surface area contributed by atoms with Gasteiger partial charge in [0.15, 0.2) is 0 Å². The van der Waals surface area contributed by atoms with Gasteiger partial charge >= 0.3 is 5.97 Å². The fourth-order valence-corrected chi connectivity index (χ4v) is 6.39. The van der Waals surface area contributed by atoms with Crippen LogP contribution in [-0.2, 0) is 20.0 Å². The number of ether oxygens (including phenoxy) is 2. The van der Waals surface area contributed by atoms with Gasteiger partial charge in [0.2, 0.25) is 0 Å². The van der Waals surface area contributed by atoms with E-state index in [9.17, 15) is 4.79 Å². The average molecular weight is 461 g/mol. The second-order valence-electron chi connectivity index (χ2n) is 7.00. The Kier molecular flexibility index (Phi) is 8.61. The van der Waals surface area contributed by atoms with Gasteiger partial charge in [0, 0.05) is 28.8 Å². The van der Waals surface area contributed by atoms with Crippen LogP contribution < -0.4 is 4.74 Å². The summed E-state index contributed by atoms with van der Waals surface area (Å²) in [5.74, 6) is 7.53. The molecule has 0 N–H and O–H groups in total. The molecule has 0 amide bonds. The molecule has 3 nitrogen and oxygen atoms in total. The molecule has 0 fully saturated rings. The molecule has 0 bridgehead atoms. The fraction of sp³-hybridized carbons (Fsp3) is 0.458. The summed E-state index contributed by atoms with van der Waals surface area (Å²) in [6, 6.07) is 10.5. The summed E-state index contributed by atoms with van der Waals surface area (Å²) in [5.41, 5.74) is 2.27. The third-order valence-corrected chi connectivity index (χ3v) is 9.32. The topological polar surface area (TPSA) is 35.5 Å². The Labute approximate surface area is 192 Å². The van der Waals surface area contributed by atoms with Gasteiger partial charge in [-0.05, 0) is 69.0 Å². The molecule has 2 heterocycles. The lowest BCUT2D eigenvalue weighted by molar-refractivity contribution is -0.143. The largest absolute Gasteiger partial charge is 0.493 e. The lowest BCUT2D eigenvalue weighted by Gasteiger charge is -2.36. The summed E-state index contributed by atoms with van der Waals surface area (Å²) in [5, 5.41) is 0. The zero-order valence-electron chi connectivity index (χ0n) is 17.8. The molecule has 1 aromatic carbocycles. The smallest absolute Gasteiger partial charge is 0.305 e. The molecule has 30 heavy (non-hydrogen) atoms. The van der Waals surface area contributed by atoms with Gasteiger partial charge in [0.1, 0.15) is 5.75 Å². The van der Waals surface area contributed by atoms with Gasteiger partial charge in [-0.15, -0.1) is 34.9 Å². The fourth-order valence-electron chi connectivity index (χ4n) is 3.48. The van der Waals surface area contributed by atoms with Gasteiger partial charge < -0.3 is 9.47 Å². The normalized spacial score (nSPS) is 14.2. The molecule has 0 radical (unpaired) electrons. The highest BCUT2D eigenvalue weighted by molar-refractivity contribution is 8.16. The van der Waals surface area contributed by atoms with Crippen LogP contribution in [0.15, 0.2) is 30.3 Å². The summed E-state index contributed by atoms with van der Waals surface area (Å²) in [7, 11) is 0. The van der Waals surface area contributed by atoms with Gasteiger partial charge in [-0.25, -0.2) is 0 Å². The van der Waals surface area contributed by atoms with Crippen molar-refractivity contribution in [2.45, 2.75) is 43.1 Å². The average Bonchev–Trinajstić information content (AvgIpc) is 3.23. The number of fused-ring (bicyclic) bond motifs is 1. The van der Waals surface area contributed by atoms with Gasteiger partial charge in [-0.1, -0.05) is 11.8 Å². The van der Waals surface area contributed by atoms with Crippen LogP contribution in [0, 0.1) is 11.8 Å². The van der Waals surface area contributed by atoms with E-state index in [2.05, 4.69) is 48.6 Å². The molecule has 1 aliphatic rings. The third-order valence-electron chi connectivity index (χ3n) is 5.09. The van der Waals surface area contributed by atoms with Crippen molar-refractivity contribution in [2.75, 3.05) is 25.7 Å². The highest BCUT2D eigenvalue weighted by Crippen LogP contribution is 2.52. The van der Waals surface area contributed by atoms with E-state index in [1.54, 1.807) is 11.3 Å². The minimum atomic E-state index is -0.0994. The quantitative estimate of drug-likeness (QED) is 0.206. The number of carbonyl (C=O) groups excluding carboxylic acids is 1. The Balaban J connectivity index is 1.62. The summed E-state index contributed by atoms with van der Waals surface area (Å²) < 4.78 is 10.9. The maximum absolute atomic E-state index is 11.4. The van der Waals surface area contributed by atoms with Crippen molar-refractivity contribution < 1.29 is 14.3 Å². The lowest BCUT2D eigenvalue weighted by Crippen LogP contribution is -2.26. The summed E-state index contributed by atoms with van der Waals surface area (Å²) in [6.07, 6.45) is 8.68. The van der Waals surface area contributed by atoms with Crippen molar-refractivity contribution in [3.63, 3.8) is 0 Å². The summed E-state index contributed by atoms with van der Waals surface area (Å²) in [6.45, 7) is 3.06. The molecule has 3 rings (SSSR count). The first-order valence-electron chi connectivity index (χ1n) is 10.2. The first-order chi connectivity index (χ1) is 14.6. The number of aryl methyl sites for hydroxylation is 1. The van der Waals surface area contributed by atoms with Crippen molar-refractivity contribution in [3.05, 3.63) is 51.2 Å². The van der Waals surface area contributed by atoms with E-state index in [0.717, 1.165) is 48.5 Å². The number of thiophene rings is 1. The monoisotopic (exact) mass is 460 g/mol. The van der Waals surface area contributed by atoms with Crippen LogP contribution >= 0.6 is 34.9 Å². The Hall–Kier alpha value is -1.55. The van der Waals surface area contributed by atoms with Gasteiger partial charge in [-0.3, -0.25) is 4.79 Å². The molecule has 160 valence electrons. The van der Waals surface area contributed by atoms with E-state index in [-0.39, 0.29) is 10.0 Å². The van der Waals surface area contributed by atoms with Crippen LogP contribution in [0.3, 0.4) is 0 Å². The standard InChI is InChI=1S/C24H28O3S3/c1-4-26-23(25)8-6-5-7-19-12-13-20(30-19)11-9-18-10-14-22-21(17-18)24(28-2,29-3)15-16-27-22/h10,12-14,17H,4-8,15-16H2,1-3H3. The third kappa shape index (κ3) is 5.78. The molecule has 0 aliphatic carbocycles. The molecule has 2 aromatic rings. The number of hydrogen-bond acceptors (Lipinski definition) is 6. The molecule has 1 aromatic heterocycles. The molecule has 1 aliphatic heterocycles. The highest BCUT2D eigenvalue weighted by Gasteiger charge is 2.36. The number of carbonyl (C=O) groups is 1. The van der Waals surface area contributed by atoms with E-state index >= 15 is 0 Å². The molecular formula is C24H28O3S3. The van der Waals surface area contributed by atoms with Crippen molar-refractivity contribution in [1.82, 2.24) is 0 Å². The number of benzene rings is 1. The Morgan fingerprint density at radius 1 is 1.20 bits per heavy atom. The van der Waals surface area contributed by atoms with Crippen molar-refractivity contribution in [3.8, 4) is 17.6 Å². The van der Waals surface area contributed by atoms with E-state index in [1.165, 1.54) is 10.4 Å². The van der Waals surface area contributed by atoms with E-state index < -0.39 is 0 Å². The molecule has 0 spiro atoms. The number of unbranched alkanes of at least 4 members (excludes halogenated alkanes) is 1. The van der Waals surface area contributed by atoms with Crippen LogP contribution in [0.2, 0.25) is 0 Å². The Morgan fingerprint density at radius 3 is 2.80 bits per heavy atom. The molecular weight excluding hydrogens is 432 g/mol. The van der Waals surface area contributed by atoms with E-state index in [4.69, 9.17) is 9.47 Å². The maximum atomic E-state index is 11.4. The zero-order valence-corrected chi connectivity index (χ0v) is 20.2. The molecule has 0 atom stereocenters. The SMILES string of the molecule is CCOC(=O)CCCCc1ccc(C#Cc2ccc3c(c2)C(SC)(SC)CCO3)s1. The first kappa shape index (κ1) is 23.1. The van der Waals surface area contributed by atoms with Crippen molar-refractivity contribution in [2.24, 2.45) is 0 Å². The number of hydrogen-bond donors (Lipinski definition) is 0. The second-order valence-corrected chi connectivity index (χ2v) is 10.6. The molecule has 6 heteroatoms. The molecule has 0 saturated carbocycles. The lowest BCUT2D eigenvalue weighted by atomic mass is 10.0. The zero-order chi connectivity index (χ0) is 21.4. The Morgan fingerprint density at radius 2 is 2.03 bits per heavy atom. The van der Waals surface area contributed by atoms with Gasteiger partial charge in [0.05, 0.1) is 22.2 Å². The minimum Gasteiger partial charge on any atom is -0.493 e. The number of esters is 1. The predicted octanol–water partition coefficient (Wildman–Crippen LogP) is 6.09. The van der Waals surface area contributed by atoms with Crippen LogP contribution in [0.5, 0.6) is 5.75 Å². The highest BCUT2D eigenvalue weighted by atomic mass is 32.2. The van der Waals surface area contributed by atoms with Gasteiger partial charge in [-0.2, -0.15) is 0 Å². The van der Waals surface area contributed by atoms with E-state index in [0.29, 0.717) is 13.0 Å². The van der Waals surface area contributed by atoms with Crippen molar-refractivity contribution in [1.29, 1.82) is 0 Å². The number of rotatable bonds is 8. The maximum Gasteiger partial charge on any atom is 0.305 e. The van der Waals surface area contributed by atoms with Crippen LogP contribution in [0.1, 0.15) is 53.5 Å². The van der Waals surface area contributed by atoms with Crippen LogP contribution in [-0.4, -0.2) is 31.7 Å². The van der Waals surface area contributed by atoms with Crippen LogP contribution in [0.25, 0.3) is 0 Å². The second kappa shape index (κ2) is 11.2. The minimum absolute atomic E-state index is 0.0466. The first-order valence-corrected chi connectivity index (χ1v) is 13.5. The van der Waals surface area contributed by atoms with Gasteiger partial charge in [0.25, 0.3) is 0 Å². The molecule has 0 unspecified atom stereocenters.